The van der Waals surface area contributed by atoms with Crippen molar-refractivity contribution in [3.63, 3.8) is 0 Å². The zero-order chi connectivity index (χ0) is 31.4. The first-order chi connectivity index (χ1) is 20.7. The van der Waals surface area contributed by atoms with E-state index in [1.54, 1.807) is 17.0 Å². The van der Waals surface area contributed by atoms with Gasteiger partial charge < -0.3 is 15.5 Å². The minimum absolute atomic E-state index is 0.0442. The van der Waals surface area contributed by atoms with Crippen molar-refractivity contribution in [2.45, 2.75) is 22.6 Å². The van der Waals surface area contributed by atoms with Crippen molar-refractivity contribution in [3.05, 3.63) is 48.2 Å². The molecular formula is C24H22N10O7S2. The maximum Gasteiger partial charge on any atom is 0.319 e. The van der Waals surface area contributed by atoms with Crippen LogP contribution in [0.1, 0.15) is 18.4 Å². The summed E-state index contributed by atoms with van der Waals surface area (Å²) in [5.74, 6) is -0.165. The largest absolute Gasteiger partial charge is 0.369 e. The molecule has 0 spiro atoms. The van der Waals surface area contributed by atoms with Gasteiger partial charge in [0.1, 0.15) is 17.3 Å². The van der Waals surface area contributed by atoms with Gasteiger partial charge in [0.05, 0.1) is 64.4 Å². The zero-order valence-corrected chi connectivity index (χ0v) is 23.8. The summed E-state index contributed by atoms with van der Waals surface area (Å²) in [5, 5.41) is 57.4. The van der Waals surface area contributed by atoms with Crippen LogP contribution < -0.4 is 15.5 Å². The number of nitriles is 3. The summed E-state index contributed by atoms with van der Waals surface area (Å²) in [5.41, 5.74) is 0.809. The fourth-order valence-electron chi connectivity index (χ4n) is 3.57. The maximum atomic E-state index is 12.2. The number of benzene rings is 2. The molecule has 0 saturated heterocycles. The predicted molar refractivity (Wildman–Crippen MR) is 150 cm³/mol. The van der Waals surface area contributed by atoms with Gasteiger partial charge in [-0.1, -0.05) is 5.04 Å². The van der Waals surface area contributed by atoms with Crippen molar-refractivity contribution < 1.29 is 32.4 Å². The second-order valence-corrected chi connectivity index (χ2v) is 10.3. The Bertz CT molecular complexity index is 1720. The lowest BCUT2D eigenvalue weighted by Gasteiger charge is -2.23. The third-order valence-corrected chi connectivity index (χ3v) is 7.04. The van der Waals surface area contributed by atoms with Crippen molar-refractivity contribution in [1.29, 1.82) is 15.8 Å². The molecule has 0 atom stereocenters. The van der Waals surface area contributed by atoms with Gasteiger partial charge in [-0.25, -0.2) is 14.7 Å². The lowest BCUT2D eigenvalue weighted by molar-refractivity contribution is -0.432. The molecule has 0 bridgehead atoms. The summed E-state index contributed by atoms with van der Waals surface area (Å²) < 4.78 is 38.7. The van der Waals surface area contributed by atoms with E-state index < -0.39 is 21.0 Å². The van der Waals surface area contributed by atoms with Crippen LogP contribution in [0.2, 0.25) is 0 Å². The van der Waals surface area contributed by atoms with Gasteiger partial charge in [0.25, 0.3) is 10.1 Å². The molecule has 2 amide bonds. The number of anilines is 2. The summed E-state index contributed by atoms with van der Waals surface area (Å²) in [6.45, 7) is 0.661. The minimum Gasteiger partial charge on any atom is -0.369 e. The Morgan fingerprint density at radius 1 is 1.14 bits per heavy atom. The van der Waals surface area contributed by atoms with Crippen LogP contribution in [0.5, 0.6) is 0 Å². The Morgan fingerprint density at radius 2 is 1.86 bits per heavy atom. The number of hydrogen-bond donors (Lipinski definition) is 4. The van der Waals surface area contributed by atoms with E-state index in [4.69, 9.17) is 15.8 Å². The number of aromatic nitrogens is 2. The molecule has 0 aliphatic heterocycles. The number of carbonyl (C=O) groups excluding carboxylic acids is 1. The number of amides is 2. The second-order valence-electron chi connectivity index (χ2n) is 8.14. The Hall–Kier alpha value is -5.07. The van der Waals surface area contributed by atoms with E-state index in [1.807, 2.05) is 6.07 Å². The van der Waals surface area contributed by atoms with E-state index in [0.29, 0.717) is 30.8 Å². The molecule has 19 heteroatoms. The fourth-order valence-corrected chi connectivity index (χ4v) is 4.53. The number of carbonyl (C=O) groups is 1. The second kappa shape index (κ2) is 15.2. The fraction of sp³-hybridized carbons (Fsp3) is 0.208. The lowest BCUT2D eigenvalue weighted by atomic mass is 10.2. The van der Waals surface area contributed by atoms with Crippen molar-refractivity contribution in [2.24, 2.45) is 10.2 Å². The molecule has 222 valence electrons. The third kappa shape index (κ3) is 8.47. The van der Waals surface area contributed by atoms with Crippen molar-refractivity contribution in [3.8, 4) is 23.9 Å². The molecule has 1 aromatic heterocycles. The molecule has 17 nitrogen and oxygen atoms in total. The Kier molecular flexibility index (Phi) is 11.5. The molecule has 0 saturated carbocycles. The molecule has 1 heterocycles. The van der Waals surface area contributed by atoms with Gasteiger partial charge in [0, 0.05) is 25.8 Å². The van der Waals surface area contributed by atoms with E-state index in [1.165, 1.54) is 19.2 Å². The van der Waals surface area contributed by atoms with Gasteiger partial charge in [-0.05, 0) is 36.4 Å². The van der Waals surface area contributed by atoms with E-state index in [-0.39, 0.29) is 46.2 Å². The van der Waals surface area contributed by atoms with Crippen LogP contribution in [0, 0.1) is 34.0 Å². The molecule has 0 unspecified atom stereocenters. The number of nitrogens with one attached hydrogen (secondary N) is 2. The first-order valence-corrected chi connectivity index (χ1v) is 14.1. The summed E-state index contributed by atoms with van der Waals surface area (Å²) in [4.78, 5) is 13.6. The zero-order valence-electron chi connectivity index (χ0n) is 22.2. The first kappa shape index (κ1) is 32.4. The summed E-state index contributed by atoms with van der Waals surface area (Å²) >= 11 is 0.464. The molecule has 0 aliphatic carbocycles. The van der Waals surface area contributed by atoms with Crippen LogP contribution >= 0.6 is 12.0 Å². The monoisotopic (exact) mass is 626 g/mol. The minimum atomic E-state index is -4.66. The highest BCUT2D eigenvalue weighted by molar-refractivity contribution is 7.94. The third-order valence-electron chi connectivity index (χ3n) is 5.54. The van der Waals surface area contributed by atoms with E-state index in [0.717, 1.165) is 23.0 Å². The highest BCUT2D eigenvalue weighted by atomic mass is 32.2. The standard InChI is InChI=1S/C24H22N10O7S2/c1-28-24(35)30-20-12-17(33(10-2-8-25)11-3-9-26)4-6-19(20)31-32-23-16(14-27)15-29-34(23)21-13-18(43(37,38)39)5-7-22(21)42-41-40-36/h4-7,12-13,15,36H,2-3,10-11H2,1H3,(H2,28,30,35)(H,37,38,39). The topological polar surface area (TPSA) is 251 Å². The molecule has 0 aliphatic rings. The van der Waals surface area contributed by atoms with Crippen LogP contribution in [0.3, 0.4) is 0 Å². The smallest absolute Gasteiger partial charge is 0.319 e. The van der Waals surface area contributed by atoms with Crippen LogP contribution in [0.4, 0.5) is 27.7 Å². The van der Waals surface area contributed by atoms with Crippen molar-refractivity contribution >= 4 is 51.1 Å². The van der Waals surface area contributed by atoms with Gasteiger partial charge in [-0.15, -0.1) is 14.6 Å². The average Bonchev–Trinajstić information content (AvgIpc) is 3.41. The summed E-state index contributed by atoms with van der Waals surface area (Å²) in [6.07, 6.45) is 1.53. The van der Waals surface area contributed by atoms with E-state index >= 15 is 0 Å². The van der Waals surface area contributed by atoms with E-state index in [2.05, 4.69) is 47.5 Å². The molecule has 2 aromatic carbocycles. The molecule has 43 heavy (non-hydrogen) atoms. The van der Waals surface area contributed by atoms with E-state index in [9.17, 15) is 23.0 Å². The first-order valence-electron chi connectivity index (χ1n) is 11.9. The van der Waals surface area contributed by atoms with Gasteiger partial charge >= 0.3 is 6.03 Å². The average molecular weight is 627 g/mol. The number of rotatable bonds is 13. The SMILES string of the molecule is CNC(=O)Nc1cc(N(CCC#N)CCC#N)ccc1N=Nc1c(C#N)cnn1-c1cc(S(=O)(=O)O)ccc1SOOO. The highest BCUT2D eigenvalue weighted by Gasteiger charge is 2.20. The van der Waals surface area contributed by atoms with Crippen LogP contribution in [0.15, 0.2) is 62.6 Å². The molecule has 4 N–H and O–H groups in total. The maximum absolute atomic E-state index is 12.2. The molecule has 0 radical (unpaired) electrons. The van der Waals surface area contributed by atoms with Crippen LogP contribution in [-0.4, -0.2) is 54.2 Å². The van der Waals surface area contributed by atoms with Crippen LogP contribution in [0.25, 0.3) is 5.69 Å². The molecule has 3 rings (SSSR count). The van der Waals surface area contributed by atoms with Crippen LogP contribution in [-0.2, 0) is 19.5 Å². The Morgan fingerprint density at radius 3 is 2.47 bits per heavy atom. The normalized spacial score (nSPS) is 11.0. The lowest BCUT2D eigenvalue weighted by Crippen LogP contribution is -2.26. The van der Waals surface area contributed by atoms with Crippen molar-refractivity contribution in [2.75, 3.05) is 30.4 Å². The highest BCUT2D eigenvalue weighted by Crippen LogP contribution is 2.35. The predicted octanol–water partition coefficient (Wildman–Crippen LogP) is 4.22. The summed E-state index contributed by atoms with van der Waals surface area (Å²) in [6, 6.07) is 13.5. The van der Waals surface area contributed by atoms with Gasteiger partial charge in [-0.3, -0.25) is 4.55 Å². The number of hydrogen-bond acceptors (Lipinski definition) is 14. The molecular weight excluding hydrogens is 604 g/mol. The molecule has 3 aromatic rings. The quantitative estimate of drug-likeness (QED) is 0.0682. The number of nitrogens with zero attached hydrogens (tertiary/aromatic N) is 8. The summed E-state index contributed by atoms with van der Waals surface area (Å²) in [7, 11) is -3.25. The number of urea groups is 1. The Labute approximate surface area is 249 Å². The van der Waals surface area contributed by atoms with Gasteiger partial charge in [0.15, 0.2) is 5.82 Å². The molecule has 0 fully saturated rings. The van der Waals surface area contributed by atoms with Crippen molar-refractivity contribution in [1.82, 2.24) is 15.1 Å². The Balaban J connectivity index is 2.14. The van der Waals surface area contributed by atoms with Gasteiger partial charge in [-0.2, -0.15) is 29.3 Å². The number of azo groups is 1. The van der Waals surface area contributed by atoms with Gasteiger partial charge in [0.2, 0.25) is 0 Å².